The number of anilines is 2. The molecule has 0 saturated heterocycles. The molecule has 4 heteroatoms. The number of hydrogen-bond acceptors (Lipinski definition) is 4. The lowest BCUT2D eigenvalue weighted by molar-refractivity contribution is 1.32. The van der Waals surface area contributed by atoms with Crippen LogP contribution in [-0.4, -0.2) is 15.7 Å². The monoisotopic (exact) mass is 552 g/mol. The van der Waals surface area contributed by atoms with E-state index in [2.05, 4.69) is 89.2 Å². The van der Waals surface area contributed by atoms with Crippen molar-refractivity contribution in [2.24, 2.45) is 0 Å². The van der Waals surface area contributed by atoms with Crippen molar-refractivity contribution in [3.63, 3.8) is 0 Å². The first-order valence-electron chi connectivity index (χ1n) is 14.2. The highest BCUT2D eigenvalue weighted by Gasteiger charge is 2.16. The zero-order valence-electron chi connectivity index (χ0n) is 23.4. The van der Waals surface area contributed by atoms with Gasteiger partial charge in [0.1, 0.15) is 0 Å². The summed E-state index contributed by atoms with van der Waals surface area (Å²) in [4.78, 5) is 9.25. The molecule has 0 radical (unpaired) electrons. The number of pyridine rings is 2. The molecule has 5 aromatic carbocycles. The van der Waals surface area contributed by atoms with Gasteiger partial charge in [-0.1, -0.05) is 109 Å². The minimum atomic E-state index is 0.442. The predicted molar refractivity (Wildman–Crippen MR) is 178 cm³/mol. The Hall–Kier alpha value is -5.87. The number of benzene rings is 5. The molecule has 0 saturated carbocycles. The Morgan fingerprint density at radius 2 is 1.19 bits per heavy atom. The Morgan fingerprint density at radius 3 is 1.95 bits per heavy atom. The van der Waals surface area contributed by atoms with Gasteiger partial charge in [-0.05, 0) is 58.3 Å². The summed E-state index contributed by atoms with van der Waals surface area (Å²) in [6.45, 7) is 0. The molecule has 0 unspecified atom stereocenters. The molecule has 0 aliphatic carbocycles. The van der Waals surface area contributed by atoms with Crippen molar-refractivity contribution in [3.8, 4) is 33.6 Å². The number of hydrogen-bond donors (Lipinski definition) is 2. The highest BCUT2D eigenvalue weighted by molar-refractivity contribution is 6.21. The lowest BCUT2D eigenvalue weighted by Gasteiger charge is -2.17. The smallest absolute Gasteiger partial charge is 0.0715 e. The zero-order valence-corrected chi connectivity index (χ0v) is 23.4. The average molecular weight is 553 g/mol. The molecule has 7 rings (SSSR count). The molecule has 0 bridgehead atoms. The largest absolute Gasteiger partial charge is 0.355 e. The molecule has 4 nitrogen and oxygen atoms in total. The fourth-order valence-electron chi connectivity index (χ4n) is 5.45. The van der Waals surface area contributed by atoms with Crippen LogP contribution in [0.2, 0.25) is 0 Å². The molecule has 0 aliphatic heterocycles. The third kappa shape index (κ3) is 5.42. The Balaban J connectivity index is 1.34. The number of fused-ring (bicyclic) bond motifs is 1. The maximum atomic E-state index is 9.50. The normalized spacial score (nSPS) is 10.9. The van der Waals surface area contributed by atoms with Crippen LogP contribution < -0.4 is 5.32 Å². The molecule has 0 fully saturated rings. The minimum Gasteiger partial charge on any atom is -0.355 e. The van der Waals surface area contributed by atoms with E-state index in [4.69, 9.17) is 4.98 Å². The van der Waals surface area contributed by atoms with Crippen molar-refractivity contribution in [3.05, 3.63) is 169 Å². The Labute approximate surface area is 250 Å². The van der Waals surface area contributed by atoms with E-state index in [1.54, 1.807) is 12.4 Å². The quantitative estimate of drug-likeness (QED) is 0.194. The SMILES string of the molecule is N=C(c1cccc(-c2cc(-c3ccccc3)cc(-c3ccccc3)n2)c1)c1c(Nc2ccncc2)ccc2ccccc12. The zero-order chi connectivity index (χ0) is 29.0. The van der Waals surface area contributed by atoms with Gasteiger partial charge >= 0.3 is 0 Å². The number of nitrogens with one attached hydrogen (secondary N) is 2. The van der Waals surface area contributed by atoms with Crippen LogP contribution in [0.15, 0.2) is 158 Å². The Kier molecular flexibility index (Phi) is 7.00. The summed E-state index contributed by atoms with van der Waals surface area (Å²) < 4.78 is 0. The molecule has 0 aliphatic rings. The molecule has 7 aromatic rings. The summed E-state index contributed by atoms with van der Waals surface area (Å²) in [5.41, 5.74) is 9.94. The lowest BCUT2D eigenvalue weighted by atomic mass is 9.93. The molecule has 43 heavy (non-hydrogen) atoms. The summed E-state index contributed by atoms with van der Waals surface area (Å²) in [7, 11) is 0. The van der Waals surface area contributed by atoms with Crippen LogP contribution in [0.3, 0.4) is 0 Å². The number of nitrogens with zero attached hydrogens (tertiary/aromatic N) is 2. The van der Waals surface area contributed by atoms with E-state index in [1.165, 1.54) is 0 Å². The van der Waals surface area contributed by atoms with Gasteiger partial charge < -0.3 is 5.32 Å². The van der Waals surface area contributed by atoms with Crippen LogP contribution in [0.25, 0.3) is 44.4 Å². The fraction of sp³-hybridized carbons (Fsp3) is 0. The molecule has 2 heterocycles. The molecule has 204 valence electrons. The summed E-state index contributed by atoms with van der Waals surface area (Å²) in [5.74, 6) is 0. The van der Waals surface area contributed by atoms with Gasteiger partial charge in [0.05, 0.1) is 17.1 Å². The fourth-order valence-corrected chi connectivity index (χ4v) is 5.45. The minimum absolute atomic E-state index is 0.442. The number of rotatable bonds is 7. The maximum absolute atomic E-state index is 9.50. The summed E-state index contributed by atoms with van der Waals surface area (Å²) in [6.07, 6.45) is 3.52. The van der Waals surface area contributed by atoms with Crippen molar-refractivity contribution in [1.29, 1.82) is 5.41 Å². The third-order valence-corrected chi connectivity index (χ3v) is 7.59. The van der Waals surface area contributed by atoms with E-state index in [0.29, 0.717) is 5.71 Å². The van der Waals surface area contributed by atoms with Crippen molar-refractivity contribution < 1.29 is 0 Å². The van der Waals surface area contributed by atoms with Crippen molar-refractivity contribution in [2.45, 2.75) is 0 Å². The van der Waals surface area contributed by atoms with Gasteiger partial charge in [0.2, 0.25) is 0 Å². The van der Waals surface area contributed by atoms with Gasteiger partial charge in [-0.3, -0.25) is 10.4 Å². The second kappa shape index (κ2) is 11.6. The van der Waals surface area contributed by atoms with Gasteiger partial charge in [0.25, 0.3) is 0 Å². The van der Waals surface area contributed by atoms with Gasteiger partial charge in [-0.15, -0.1) is 0 Å². The highest BCUT2D eigenvalue weighted by atomic mass is 14.9. The van der Waals surface area contributed by atoms with Crippen molar-refractivity contribution in [1.82, 2.24) is 9.97 Å². The first kappa shape index (κ1) is 26.1. The van der Waals surface area contributed by atoms with Gasteiger partial charge in [0, 0.05) is 46.0 Å². The van der Waals surface area contributed by atoms with Crippen molar-refractivity contribution >= 4 is 27.9 Å². The van der Waals surface area contributed by atoms with Crippen LogP contribution in [0, 0.1) is 5.41 Å². The van der Waals surface area contributed by atoms with Crippen LogP contribution in [-0.2, 0) is 0 Å². The van der Waals surface area contributed by atoms with Gasteiger partial charge in [0.15, 0.2) is 0 Å². The first-order valence-corrected chi connectivity index (χ1v) is 14.2. The van der Waals surface area contributed by atoms with Crippen LogP contribution in [0.5, 0.6) is 0 Å². The standard InChI is InChI=1S/C39H28N4/c40-39(38-34-17-8-7-12-28(34)18-19-35(38)42-33-20-22-41-23-21-33)31-16-9-15-30(24-31)37-26-32(27-10-3-1-4-11-27)25-36(43-37)29-13-5-2-6-14-29/h1-26,40H,(H,41,42). The maximum Gasteiger partial charge on any atom is 0.0715 e. The van der Waals surface area contributed by atoms with Gasteiger partial charge in [-0.2, -0.15) is 0 Å². The summed E-state index contributed by atoms with van der Waals surface area (Å²) in [5, 5.41) is 15.1. The van der Waals surface area contributed by atoms with Crippen LogP contribution in [0.4, 0.5) is 11.4 Å². The second-order valence-corrected chi connectivity index (χ2v) is 10.4. The van der Waals surface area contributed by atoms with Crippen molar-refractivity contribution in [2.75, 3.05) is 5.32 Å². The number of aromatic nitrogens is 2. The van der Waals surface area contributed by atoms with Crippen LogP contribution >= 0.6 is 0 Å². The van der Waals surface area contributed by atoms with E-state index in [1.807, 2.05) is 66.7 Å². The summed E-state index contributed by atoms with van der Waals surface area (Å²) >= 11 is 0. The second-order valence-electron chi connectivity index (χ2n) is 10.4. The van der Waals surface area contributed by atoms with E-state index in [0.717, 1.165) is 66.9 Å². The summed E-state index contributed by atoms with van der Waals surface area (Å²) in [6, 6.07) is 49.3. The molecule has 2 aromatic heterocycles. The average Bonchev–Trinajstić information content (AvgIpc) is 3.09. The van der Waals surface area contributed by atoms with E-state index in [-0.39, 0.29) is 0 Å². The highest BCUT2D eigenvalue weighted by Crippen LogP contribution is 2.33. The molecule has 2 N–H and O–H groups in total. The molecule has 0 atom stereocenters. The Bertz CT molecular complexity index is 2000. The molecular weight excluding hydrogens is 524 g/mol. The Morgan fingerprint density at radius 1 is 0.535 bits per heavy atom. The molecular formula is C39H28N4. The van der Waals surface area contributed by atoms with Gasteiger partial charge in [-0.25, -0.2) is 4.98 Å². The topological polar surface area (TPSA) is 61.7 Å². The molecule has 0 amide bonds. The van der Waals surface area contributed by atoms with E-state index >= 15 is 0 Å². The first-order chi connectivity index (χ1) is 21.2. The van der Waals surface area contributed by atoms with Crippen LogP contribution in [0.1, 0.15) is 11.1 Å². The van der Waals surface area contributed by atoms with E-state index in [9.17, 15) is 5.41 Å². The molecule has 0 spiro atoms. The lowest BCUT2D eigenvalue weighted by Crippen LogP contribution is -2.07. The van der Waals surface area contributed by atoms with E-state index < -0.39 is 0 Å². The predicted octanol–water partition coefficient (Wildman–Crippen LogP) is 9.79. The third-order valence-electron chi connectivity index (χ3n) is 7.59.